The van der Waals surface area contributed by atoms with Crippen LogP contribution in [-0.4, -0.2) is 24.2 Å². The molecule has 0 saturated heterocycles. The predicted molar refractivity (Wildman–Crippen MR) is 87.5 cm³/mol. The lowest BCUT2D eigenvalue weighted by Gasteiger charge is -2.12. The quantitative estimate of drug-likeness (QED) is 0.789. The number of ether oxygens (including phenoxy) is 2. The summed E-state index contributed by atoms with van der Waals surface area (Å²) in [5, 5.41) is 6.26. The van der Waals surface area contributed by atoms with Gasteiger partial charge in [0, 0.05) is 6.07 Å². The van der Waals surface area contributed by atoms with Gasteiger partial charge in [-0.3, -0.25) is 0 Å². The monoisotopic (exact) mass is 323 g/mol. The Hall–Kier alpha value is -2.05. The average molecular weight is 324 g/mol. The normalized spacial score (nSPS) is 10.0. The van der Waals surface area contributed by atoms with Crippen molar-refractivity contribution in [1.29, 1.82) is 0 Å². The molecule has 0 unspecified atom stereocenters. The fourth-order valence-electron chi connectivity index (χ4n) is 1.93. The van der Waals surface area contributed by atoms with Gasteiger partial charge in [-0.05, 0) is 23.6 Å². The zero-order chi connectivity index (χ0) is 13.9. The first-order valence-electron chi connectivity index (χ1n) is 5.99. The Balaban J connectivity index is 0.00000161. The molecule has 2 heterocycles. The molecule has 0 aliphatic carbocycles. The molecule has 0 spiro atoms. The Labute approximate surface area is 132 Å². The third-order valence-corrected chi connectivity index (χ3v) is 3.74. The number of methoxy groups -OCH3 is 2. The van der Waals surface area contributed by atoms with Crippen LogP contribution in [0, 0.1) is 0 Å². The minimum Gasteiger partial charge on any atom is -0.497 e. The van der Waals surface area contributed by atoms with Gasteiger partial charge in [-0.15, -0.1) is 23.7 Å². The topological polar surface area (TPSA) is 56.3 Å². The van der Waals surface area contributed by atoms with E-state index in [0.29, 0.717) is 0 Å². The number of benzene rings is 1. The van der Waals surface area contributed by atoms with Crippen molar-refractivity contribution in [3.63, 3.8) is 0 Å². The molecule has 0 saturated carbocycles. The van der Waals surface area contributed by atoms with E-state index in [1.807, 2.05) is 29.6 Å². The van der Waals surface area contributed by atoms with Crippen molar-refractivity contribution < 1.29 is 9.47 Å². The summed E-state index contributed by atoms with van der Waals surface area (Å²) in [6.07, 6.45) is 1.55. The Kier molecular flexibility index (Phi) is 4.82. The number of anilines is 2. The zero-order valence-electron chi connectivity index (χ0n) is 11.5. The second-order valence-corrected chi connectivity index (χ2v) is 4.95. The molecule has 1 aromatic carbocycles. The summed E-state index contributed by atoms with van der Waals surface area (Å²) in [7, 11) is 3.26. The number of hydrogen-bond acceptors (Lipinski definition) is 6. The molecular formula is C14H14ClN3O2S. The number of hydrogen-bond donors (Lipinski definition) is 1. The van der Waals surface area contributed by atoms with Crippen LogP contribution in [0.15, 0.2) is 36.0 Å². The third-order valence-electron chi connectivity index (χ3n) is 2.92. The van der Waals surface area contributed by atoms with E-state index in [-0.39, 0.29) is 12.4 Å². The highest BCUT2D eigenvalue weighted by Gasteiger charge is 2.09. The Morgan fingerprint density at radius 3 is 2.71 bits per heavy atom. The maximum atomic E-state index is 5.35. The summed E-state index contributed by atoms with van der Waals surface area (Å²) >= 11 is 1.58. The summed E-state index contributed by atoms with van der Waals surface area (Å²) in [6.45, 7) is 0. The molecule has 3 aromatic rings. The highest BCUT2D eigenvalue weighted by Crippen LogP contribution is 2.33. The largest absolute Gasteiger partial charge is 0.497 e. The third kappa shape index (κ3) is 3.01. The number of thiophene rings is 1. The number of fused-ring (bicyclic) bond motifs is 1. The first kappa shape index (κ1) is 15.3. The Morgan fingerprint density at radius 1 is 1.10 bits per heavy atom. The lowest BCUT2D eigenvalue weighted by Crippen LogP contribution is -1.98. The van der Waals surface area contributed by atoms with Crippen LogP contribution in [0.5, 0.6) is 11.5 Å². The summed E-state index contributed by atoms with van der Waals surface area (Å²) in [5.41, 5.74) is 0.804. The molecule has 0 amide bonds. The average Bonchev–Trinajstić information content (AvgIpc) is 2.96. The van der Waals surface area contributed by atoms with Crippen LogP contribution >= 0.6 is 23.7 Å². The second kappa shape index (κ2) is 6.60. The van der Waals surface area contributed by atoms with Gasteiger partial charge < -0.3 is 14.8 Å². The molecule has 0 bridgehead atoms. The number of aromatic nitrogens is 2. The fraction of sp³-hybridized carbons (Fsp3) is 0.143. The molecular weight excluding hydrogens is 310 g/mol. The number of rotatable bonds is 4. The summed E-state index contributed by atoms with van der Waals surface area (Å²) < 4.78 is 10.6. The van der Waals surface area contributed by atoms with E-state index >= 15 is 0 Å². The smallest absolute Gasteiger partial charge is 0.142 e. The van der Waals surface area contributed by atoms with Crippen molar-refractivity contribution in [1.82, 2.24) is 9.97 Å². The van der Waals surface area contributed by atoms with Crippen molar-refractivity contribution in [2.45, 2.75) is 0 Å². The number of halogens is 1. The van der Waals surface area contributed by atoms with Crippen molar-refractivity contribution >= 4 is 45.5 Å². The van der Waals surface area contributed by atoms with Crippen molar-refractivity contribution in [3.8, 4) is 11.5 Å². The number of nitrogens with one attached hydrogen (secondary N) is 1. The van der Waals surface area contributed by atoms with Gasteiger partial charge in [0.05, 0.1) is 25.3 Å². The summed E-state index contributed by atoms with van der Waals surface area (Å²) in [5.74, 6) is 2.24. The second-order valence-electron chi connectivity index (χ2n) is 4.05. The van der Waals surface area contributed by atoms with Gasteiger partial charge in [-0.1, -0.05) is 0 Å². The van der Waals surface area contributed by atoms with Crippen molar-refractivity contribution in [2.75, 3.05) is 19.5 Å². The first-order valence-corrected chi connectivity index (χ1v) is 6.87. The number of nitrogens with zero attached hydrogens (tertiary/aromatic N) is 2. The molecule has 110 valence electrons. The van der Waals surface area contributed by atoms with E-state index in [9.17, 15) is 0 Å². The van der Waals surface area contributed by atoms with E-state index in [1.165, 1.54) is 0 Å². The van der Waals surface area contributed by atoms with Gasteiger partial charge in [0.1, 0.15) is 28.5 Å². The van der Waals surface area contributed by atoms with Crippen LogP contribution in [-0.2, 0) is 0 Å². The van der Waals surface area contributed by atoms with E-state index in [2.05, 4.69) is 15.3 Å². The van der Waals surface area contributed by atoms with Gasteiger partial charge in [-0.2, -0.15) is 0 Å². The molecule has 7 heteroatoms. The summed E-state index contributed by atoms with van der Waals surface area (Å²) in [6, 6.07) is 7.57. The summed E-state index contributed by atoms with van der Waals surface area (Å²) in [4.78, 5) is 9.47. The molecule has 0 atom stereocenters. The first-order chi connectivity index (χ1) is 9.81. The van der Waals surface area contributed by atoms with E-state index in [4.69, 9.17) is 9.47 Å². The maximum absolute atomic E-state index is 5.35. The molecule has 0 radical (unpaired) electrons. The van der Waals surface area contributed by atoms with Crippen LogP contribution < -0.4 is 14.8 Å². The molecule has 2 aromatic heterocycles. The van der Waals surface area contributed by atoms with Gasteiger partial charge in [0.15, 0.2) is 0 Å². The van der Waals surface area contributed by atoms with Gasteiger partial charge in [0.25, 0.3) is 0 Å². The molecule has 1 N–H and O–H groups in total. The van der Waals surface area contributed by atoms with E-state index in [0.717, 1.165) is 33.2 Å². The van der Waals surface area contributed by atoms with Crippen LogP contribution in [0.25, 0.3) is 10.2 Å². The minimum atomic E-state index is 0. The van der Waals surface area contributed by atoms with Crippen LogP contribution in [0.2, 0.25) is 0 Å². The van der Waals surface area contributed by atoms with Gasteiger partial charge in [0.2, 0.25) is 0 Å². The van der Waals surface area contributed by atoms with Crippen molar-refractivity contribution in [2.24, 2.45) is 0 Å². The molecule has 21 heavy (non-hydrogen) atoms. The van der Waals surface area contributed by atoms with E-state index < -0.39 is 0 Å². The lowest BCUT2D eigenvalue weighted by atomic mass is 10.2. The van der Waals surface area contributed by atoms with Crippen LogP contribution in [0.3, 0.4) is 0 Å². The highest BCUT2D eigenvalue weighted by atomic mass is 35.5. The zero-order valence-corrected chi connectivity index (χ0v) is 13.1. The molecule has 0 aliphatic heterocycles. The van der Waals surface area contributed by atoms with Gasteiger partial charge >= 0.3 is 0 Å². The van der Waals surface area contributed by atoms with Crippen LogP contribution in [0.4, 0.5) is 11.5 Å². The molecule has 0 aliphatic rings. The SMILES string of the molecule is COc1ccc(OC)c(Nc2ncnc3sccc23)c1.Cl. The van der Waals surface area contributed by atoms with E-state index in [1.54, 1.807) is 31.9 Å². The fourth-order valence-corrected chi connectivity index (χ4v) is 2.66. The highest BCUT2D eigenvalue weighted by molar-refractivity contribution is 7.16. The Bertz CT molecular complexity index is 748. The maximum Gasteiger partial charge on any atom is 0.142 e. The standard InChI is InChI=1S/C14H13N3O2S.ClH/c1-18-9-3-4-12(19-2)11(7-9)17-13-10-5-6-20-14(10)16-8-15-13;/h3-8H,1-2H3,(H,15,16,17);1H. The minimum absolute atomic E-state index is 0. The van der Waals surface area contributed by atoms with Gasteiger partial charge in [-0.25, -0.2) is 9.97 Å². The van der Waals surface area contributed by atoms with Crippen molar-refractivity contribution in [3.05, 3.63) is 36.0 Å². The van der Waals surface area contributed by atoms with Crippen LogP contribution in [0.1, 0.15) is 0 Å². The molecule has 0 fully saturated rings. The Morgan fingerprint density at radius 2 is 1.95 bits per heavy atom. The molecule has 5 nitrogen and oxygen atoms in total. The molecule has 3 rings (SSSR count). The lowest BCUT2D eigenvalue weighted by molar-refractivity contribution is 0.405. The predicted octanol–water partition coefficient (Wildman–Crippen LogP) is 3.87.